The maximum atomic E-state index is 12.0. The number of hydrogen-bond donors (Lipinski definition) is 1. The molecule has 0 fully saturated rings. The number of hydrogen-bond acceptors (Lipinski definition) is 4. The topological polar surface area (TPSA) is 55.8 Å². The highest BCUT2D eigenvalue weighted by Crippen LogP contribution is 2.31. The van der Waals surface area contributed by atoms with Gasteiger partial charge in [0.05, 0.1) is 0 Å². The molecule has 0 radical (unpaired) electrons. The summed E-state index contributed by atoms with van der Waals surface area (Å²) in [6.07, 6.45) is 0. The maximum absolute atomic E-state index is 12.0. The van der Waals surface area contributed by atoms with Crippen LogP contribution in [0.2, 0.25) is 5.02 Å². The van der Waals surface area contributed by atoms with Crippen LogP contribution in [-0.4, -0.2) is 17.7 Å². The number of aromatic hydroxyl groups is 1. The van der Waals surface area contributed by atoms with Gasteiger partial charge in [0, 0.05) is 5.02 Å². The zero-order valence-electron chi connectivity index (χ0n) is 13.2. The van der Waals surface area contributed by atoms with Crippen molar-refractivity contribution in [2.45, 2.75) is 0 Å². The number of esters is 1. The lowest BCUT2D eigenvalue weighted by atomic mass is 10.1. The molecule has 0 aliphatic carbocycles. The van der Waals surface area contributed by atoms with Gasteiger partial charge in [-0.3, -0.25) is 0 Å². The molecule has 1 N–H and O–H groups in total. The molecule has 0 saturated carbocycles. The monoisotopic (exact) mass is 354 g/mol. The van der Waals surface area contributed by atoms with Crippen molar-refractivity contribution in [1.82, 2.24) is 0 Å². The summed E-state index contributed by atoms with van der Waals surface area (Å²) in [5.74, 6) is -0.135. The van der Waals surface area contributed by atoms with E-state index < -0.39 is 5.97 Å². The molecule has 0 aromatic heterocycles. The molecule has 0 amide bonds. The maximum Gasteiger partial charge on any atom is 0.349 e. The minimum absolute atomic E-state index is 0.0889. The van der Waals surface area contributed by atoms with Crippen molar-refractivity contribution in [2.75, 3.05) is 6.61 Å². The molecule has 5 heteroatoms. The van der Waals surface area contributed by atoms with E-state index in [1.54, 1.807) is 36.4 Å². The number of ether oxygens (including phenoxy) is 2. The van der Waals surface area contributed by atoms with Gasteiger partial charge >= 0.3 is 5.97 Å². The molecule has 3 aromatic rings. The van der Waals surface area contributed by atoms with Crippen molar-refractivity contribution in [3.8, 4) is 28.4 Å². The fraction of sp³-hybridized carbons (Fsp3) is 0.0500. The molecule has 0 aliphatic heterocycles. The predicted octanol–water partition coefficient (Wildman–Crippen LogP) is 4.70. The van der Waals surface area contributed by atoms with Gasteiger partial charge in [0.15, 0.2) is 18.1 Å². The summed E-state index contributed by atoms with van der Waals surface area (Å²) in [5.41, 5.74) is 1.79. The molecule has 0 bridgehead atoms. The second-order valence-corrected chi connectivity index (χ2v) is 5.70. The predicted molar refractivity (Wildman–Crippen MR) is 96.1 cm³/mol. The quantitative estimate of drug-likeness (QED) is 0.533. The molecule has 0 unspecified atom stereocenters. The molecule has 0 heterocycles. The van der Waals surface area contributed by atoms with E-state index in [1.807, 2.05) is 30.3 Å². The van der Waals surface area contributed by atoms with Crippen LogP contribution < -0.4 is 9.47 Å². The van der Waals surface area contributed by atoms with E-state index in [0.29, 0.717) is 10.8 Å². The Morgan fingerprint density at radius 1 is 0.920 bits per heavy atom. The molecular weight excluding hydrogens is 340 g/mol. The Kier molecular flexibility index (Phi) is 5.21. The van der Waals surface area contributed by atoms with E-state index in [0.717, 1.165) is 11.1 Å². The van der Waals surface area contributed by atoms with Gasteiger partial charge in [-0.15, -0.1) is 0 Å². The summed E-state index contributed by atoms with van der Waals surface area (Å²) >= 11 is 5.79. The van der Waals surface area contributed by atoms with Crippen LogP contribution in [0.4, 0.5) is 0 Å². The molecule has 4 nitrogen and oxygen atoms in total. The summed E-state index contributed by atoms with van der Waals surface area (Å²) in [7, 11) is 0. The normalized spacial score (nSPS) is 10.3. The highest BCUT2D eigenvalue weighted by atomic mass is 35.5. The molecule has 3 aromatic carbocycles. The van der Waals surface area contributed by atoms with Crippen LogP contribution in [0.5, 0.6) is 17.2 Å². The van der Waals surface area contributed by atoms with Crippen LogP contribution in [0.15, 0.2) is 72.8 Å². The lowest BCUT2D eigenvalue weighted by Gasteiger charge is -2.10. The first kappa shape index (κ1) is 16.9. The van der Waals surface area contributed by atoms with E-state index in [2.05, 4.69) is 0 Å². The summed E-state index contributed by atoms with van der Waals surface area (Å²) in [6.45, 7) is -0.281. The first-order valence-corrected chi connectivity index (χ1v) is 7.97. The zero-order chi connectivity index (χ0) is 17.6. The fourth-order valence-electron chi connectivity index (χ4n) is 2.23. The van der Waals surface area contributed by atoms with E-state index in [4.69, 9.17) is 21.1 Å². The summed E-state index contributed by atoms with van der Waals surface area (Å²) in [5, 5.41) is 10.5. The number of carbonyl (C=O) groups excluding carboxylic acids is 1. The van der Waals surface area contributed by atoms with Crippen LogP contribution in [0.25, 0.3) is 11.1 Å². The fourth-order valence-corrected chi connectivity index (χ4v) is 2.36. The minimum Gasteiger partial charge on any atom is -0.504 e. The SMILES string of the molecule is O=C(COc1ccc(Cl)cc1)Oc1cc(-c2ccccc2)ccc1O. The molecule has 0 atom stereocenters. The molecule has 25 heavy (non-hydrogen) atoms. The zero-order valence-corrected chi connectivity index (χ0v) is 13.9. The molecule has 0 spiro atoms. The van der Waals surface area contributed by atoms with Crippen LogP contribution in [0.3, 0.4) is 0 Å². The van der Waals surface area contributed by atoms with Gasteiger partial charge in [-0.2, -0.15) is 0 Å². The number of rotatable bonds is 5. The van der Waals surface area contributed by atoms with Crippen LogP contribution in [0, 0.1) is 0 Å². The van der Waals surface area contributed by atoms with Gasteiger partial charge in [0.1, 0.15) is 5.75 Å². The van der Waals surface area contributed by atoms with Gasteiger partial charge in [0.2, 0.25) is 0 Å². The van der Waals surface area contributed by atoms with Gasteiger partial charge in [-0.1, -0.05) is 48.0 Å². The Labute approximate surface area is 150 Å². The molecule has 126 valence electrons. The Bertz CT molecular complexity index is 861. The van der Waals surface area contributed by atoms with Crippen LogP contribution in [-0.2, 0) is 4.79 Å². The average molecular weight is 355 g/mol. The van der Waals surface area contributed by atoms with E-state index in [1.165, 1.54) is 6.07 Å². The number of carbonyl (C=O) groups is 1. The third-order valence-corrected chi connectivity index (χ3v) is 3.71. The summed E-state index contributed by atoms with van der Waals surface area (Å²) < 4.78 is 10.5. The Hall–Kier alpha value is -2.98. The molecule has 3 rings (SSSR count). The lowest BCUT2D eigenvalue weighted by Crippen LogP contribution is -2.17. The Morgan fingerprint density at radius 3 is 2.36 bits per heavy atom. The Morgan fingerprint density at radius 2 is 1.64 bits per heavy atom. The number of benzene rings is 3. The minimum atomic E-state index is -0.615. The average Bonchev–Trinajstić information content (AvgIpc) is 2.64. The van der Waals surface area contributed by atoms with Crippen LogP contribution in [0.1, 0.15) is 0 Å². The van der Waals surface area contributed by atoms with E-state index >= 15 is 0 Å². The number of phenolic OH excluding ortho intramolecular Hbond substituents is 1. The van der Waals surface area contributed by atoms with E-state index in [-0.39, 0.29) is 18.1 Å². The van der Waals surface area contributed by atoms with Gasteiger partial charge < -0.3 is 14.6 Å². The van der Waals surface area contributed by atoms with Gasteiger partial charge in [-0.05, 0) is 47.5 Å². The smallest absolute Gasteiger partial charge is 0.349 e. The third-order valence-electron chi connectivity index (χ3n) is 3.46. The van der Waals surface area contributed by atoms with Crippen molar-refractivity contribution in [3.63, 3.8) is 0 Å². The molecule has 0 aliphatic rings. The third kappa shape index (κ3) is 4.52. The first-order chi connectivity index (χ1) is 12.1. The standard InChI is InChI=1S/C20H15ClO4/c21-16-7-9-17(10-8-16)24-13-20(23)25-19-12-15(6-11-18(19)22)14-4-2-1-3-5-14/h1-12,22H,13H2. The number of phenols is 1. The largest absolute Gasteiger partial charge is 0.504 e. The second-order valence-electron chi connectivity index (χ2n) is 5.27. The highest BCUT2D eigenvalue weighted by molar-refractivity contribution is 6.30. The summed E-state index contributed by atoms with van der Waals surface area (Å²) in [6, 6.07) is 21.1. The van der Waals surface area contributed by atoms with Crippen molar-refractivity contribution in [3.05, 3.63) is 77.8 Å². The van der Waals surface area contributed by atoms with Crippen molar-refractivity contribution >= 4 is 17.6 Å². The Balaban J connectivity index is 1.67. The van der Waals surface area contributed by atoms with Crippen molar-refractivity contribution in [1.29, 1.82) is 0 Å². The molecular formula is C20H15ClO4. The highest BCUT2D eigenvalue weighted by Gasteiger charge is 2.11. The van der Waals surface area contributed by atoms with Crippen LogP contribution >= 0.6 is 11.6 Å². The summed E-state index contributed by atoms with van der Waals surface area (Å²) in [4.78, 5) is 12.0. The van der Waals surface area contributed by atoms with Crippen molar-refractivity contribution in [2.24, 2.45) is 0 Å². The second kappa shape index (κ2) is 7.73. The lowest BCUT2D eigenvalue weighted by molar-refractivity contribution is -0.136. The molecule has 0 saturated heterocycles. The van der Waals surface area contributed by atoms with Gasteiger partial charge in [-0.25, -0.2) is 4.79 Å². The van der Waals surface area contributed by atoms with E-state index in [9.17, 15) is 9.90 Å². The first-order valence-electron chi connectivity index (χ1n) is 7.59. The number of halogens is 1. The van der Waals surface area contributed by atoms with Crippen molar-refractivity contribution < 1.29 is 19.4 Å². The van der Waals surface area contributed by atoms with Gasteiger partial charge in [0.25, 0.3) is 0 Å².